The van der Waals surface area contributed by atoms with Gasteiger partial charge in [0.1, 0.15) is 6.04 Å². The maximum Gasteiger partial charge on any atom is 0.321 e. The summed E-state index contributed by atoms with van der Waals surface area (Å²) in [7, 11) is 7.42. The Morgan fingerprint density at radius 3 is 1.05 bits per heavy atom. The number of hydrogen-bond acceptors (Lipinski definition) is 12. The number of carbonyl (C=O) groups is 6. The van der Waals surface area contributed by atoms with Gasteiger partial charge in [-0.2, -0.15) is 47.0 Å². The van der Waals surface area contributed by atoms with E-state index in [9.17, 15) is 28.8 Å². The Kier molecular flexibility index (Phi) is 45.4. The van der Waals surface area contributed by atoms with Gasteiger partial charge in [0.2, 0.25) is 23.6 Å². The number of nitrogens with zero attached hydrogens (tertiary/aromatic N) is 5. The van der Waals surface area contributed by atoms with Gasteiger partial charge in [0.25, 0.3) is 0 Å². The number of amides is 4. The summed E-state index contributed by atoms with van der Waals surface area (Å²) in [5.74, 6) is 6.80. The minimum Gasteiger partial charge on any atom is -0.481 e. The fourth-order valence-corrected chi connectivity index (χ4v) is 11.7. The normalized spacial score (nSPS) is 13.5. The molecule has 4 amide bonds. The van der Waals surface area contributed by atoms with Crippen LogP contribution in [-0.2, 0) is 28.8 Å². The van der Waals surface area contributed by atoms with Gasteiger partial charge in [-0.15, -0.1) is 0 Å². The monoisotopic (exact) mass is 1170 g/mol. The first kappa shape index (κ1) is 80.9. The fourth-order valence-electron chi connectivity index (χ4n) is 6.57. The largest absolute Gasteiger partial charge is 0.481 e. The van der Waals surface area contributed by atoms with Crippen molar-refractivity contribution in [2.24, 2.45) is 75.5 Å². The summed E-state index contributed by atoms with van der Waals surface area (Å²) in [6.07, 6.45) is 2.71. The van der Waals surface area contributed by atoms with Crippen molar-refractivity contribution in [3.63, 3.8) is 0 Å². The highest BCUT2D eigenvalue weighted by Gasteiger charge is 2.36. The SMILES string of the molecule is CC(C)CCCSC[C@H](C(=O)N(C)C(C)C)C(C)C.CC(C)[C@H](CSC(C)(C)C(N)C(=O)O)C(=O)N(C)C(C)C.CC(C)[C@H](CSCCC(=O)O)C(=O)N(C)C(C)C.CC(C)[C@H](CSCCN=C(N)N)C(=O)N(C)C(C)C. The molecule has 0 heterocycles. The molecular formula is C57H116N8O8S4. The molecule has 77 heavy (non-hydrogen) atoms. The molecule has 0 fully saturated rings. The van der Waals surface area contributed by atoms with Crippen LogP contribution in [0.25, 0.3) is 0 Å². The van der Waals surface area contributed by atoms with Crippen LogP contribution in [0.2, 0.25) is 0 Å². The van der Waals surface area contributed by atoms with Gasteiger partial charge >= 0.3 is 11.9 Å². The summed E-state index contributed by atoms with van der Waals surface area (Å²) in [6, 6.07) is -0.0749. The average Bonchev–Trinajstić information content (AvgIpc) is 3.31. The zero-order valence-corrected chi connectivity index (χ0v) is 56.1. The molecule has 16 nitrogen and oxygen atoms in total. The van der Waals surface area contributed by atoms with Crippen molar-refractivity contribution < 1.29 is 39.0 Å². The number of carboxylic acids is 2. The summed E-state index contributed by atoms with van der Waals surface area (Å²) >= 11 is 6.67. The third kappa shape index (κ3) is 37.2. The van der Waals surface area contributed by atoms with Crippen LogP contribution in [0.5, 0.6) is 0 Å². The molecule has 0 aromatic carbocycles. The van der Waals surface area contributed by atoms with Crippen molar-refractivity contribution in [3.8, 4) is 0 Å². The van der Waals surface area contributed by atoms with E-state index in [0.29, 0.717) is 47.6 Å². The van der Waals surface area contributed by atoms with Gasteiger partial charge in [-0.3, -0.25) is 33.8 Å². The second kappa shape index (κ2) is 43.2. The van der Waals surface area contributed by atoms with Crippen molar-refractivity contribution in [1.29, 1.82) is 0 Å². The summed E-state index contributed by atoms with van der Waals surface area (Å²) in [5, 5.41) is 17.6. The van der Waals surface area contributed by atoms with Crippen LogP contribution < -0.4 is 17.2 Å². The van der Waals surface area contributed by atoms with E-state index in [0.717, 1.165) is 23.2 Å². The molecule has 8 N–H and O–H groups in total. The van der Waals surface area contributed by atoms with E-state index in [1.54, 1.807) is 40.4 Å². The minimum atomic E-state index is -1.01. The number of carbonyl (C=O) groups excluding carboxylic acids is 4. The predicted octanol–water partition coefficient (Wildman–Crippen LogP) is 9.81. The molecule has 0 spiro atoms. The summed E-state index contributed by atoms with van der Waals surface area (Å²) in [6.45, 7) is 41.5. The van der Waals surface area contributed by atoms with Gasteiger partial charge in [-0.05, 0) is 111 Å². The number of nitrogens with two attached hydrogens (primary N) is 3. The average molecular weight is 1170 g/mol. The van der Waals surface area contributed by atoms with Crippen LogP contribution in [0, 0.1) is 53.3 Å². The van der Waals surface area contributed by atoms with E-state index < -0.39 is 22.7 Å². The summed E-state index contributed by atoms with van der Waals surface area (Å²) < 4.78 is -0.615. The van der Waals surface area contributed by atoms with Crippen LogP contribution in [0.15, 0.2) is 4.99 Å². The Labute approximate surface area is 487 Å². The Morgan fingerprint density at radius 1 is 0.494 bits per heavy atom. The molecule has 0 rings (SSSR count). The van der Waals surface area contributed by atoms with Gasteiger partial charge in [-0.25, -0.2) is 0 Å². The van der Waals surface area contributed by atoms with Gasteiger partial charge in [-0.1, -0.05) is 75.7 Å². The van der Waals surface area contributed by atoms with Crippen LogP contribution in [-0.4, -0.2) is 181 Å². The van der Waals surface area contributed by atoms with Crippen molar-refractivity contribution in [3.05, 3.63) is 0 Å². The van der Waals surface area contributed by atoms with E-state index in [2.05, 4.69) is 60.4 Å². The molecule has 1 unspecified atom stereocenters. The van der Waals surface area contributed by atoms with E-state index in [1.807, 2.05) is 126 Å². The van der Waals surface area contributed by atoms with Crippen LogP contribution in [0.3, 0.4) is 0 Å². The standard InChI is InChI=1S/C16H33NOS.C15H30N2O3S.C13H28N4OS.C13H25NO3S/c1-12(2)9-8-10-19-11-15(13(3)4)16(18)17(7)14(5)6;1-9(2)11(13(18)17(7)10(3)4)8-21-15(5,6)12(16)14(19)20;1-9(2)11(12(18)17(5)10(3)4)8-19-7-6-16-13(14)15;1-9(2)11(8-18-7-6-12(15)16)13(17)14(5)10(3)4/h12-15H,8-11H2,1-7H3;9-12H,8,16H2,1-7H3,(H,19,20);9-11H,6-8H2,1-5H3,(H4,14,15,16);9-11H,6-8H2,1-5H3,(H,15,16)/t15-;11-,12?;2*11-/m0000/s1. The van der Waals surface area contributed by atoms with Crippen LogP contribution in [0.4, 0.5) is 0 Å². The maximum absolute atomic E-state index is 12.5. The summed E-state index contributed by atoms with van der Waals surface area (Å²) in [5.41, 5.74) is 16.2. The van der Waals surface area contributed by atoms with Gasteiger partial charge in [0.15, 0.2) is 5.96 Å². The first-order valence-electron chi connectivity index (χ1n) is 27.9. The number of hydrogen-bond donors (Lipinski definition) is 5. The molecule has 0 aromatic heterocycles. The lowest BCUT2D eigenvalue weighted by molar-refractivity contribution is -0.139. The highest BCUT2D eigenvalue weighted by Crippen LogP contribution is 2.32. The number of thioether (sulfide) groups is 4. The molecule has 20 heteroatoms. The number of aliphatic imine (C=N–C) groups is 1. The highest BCUT2D eigenvalue weighted by atomic mass is 32.2. The summed E-state index contributed by atoms with van der Waals surface area (Å²) in [4.78, 5) is 82.1. The number of carboxylic acid groups (broad SMARTS) is 2. The molecule has 0 aliphatic heterocycles. The molecule has 0 bridgehead atoms. The second-order valence-electron chi connectivity index (χ2n) is 23.5. The second-order valence-corrected chi connectivity index (χ2v) is 28.6. The lowest BCUT2D eigenvalue weighted by atomic mass is 9.96. The molecule has 0 aliphatic carbocycles. The van der Waals surface area contributed by atoms with E-state index in [-0.39, 0.29) is 83.7 Å². The van der Waals surface area contributed by atoms with Gasteiger partial charge in [0, 0.05) is 115 Å². The third-order valence-electron chi connectivity index (χ3n) is 13.6. The first-order chi connectivity index (χ1) is 35.2. The predicted molar refractivity (Wildman–Crippen MR) is 336 cm³/mol. The molecule has 5 atom stereocenters. The number of guanidine groups is 1. The third-order valence-corrected chi connectivity index (χ3v) is 18.4. The number of aliphatic carboxylic acids is 2. The lowest BCUT2D eigenvalue weighted by Gasteiger charge is -2.33. The quantitative estimate of drug-likeness (QED) is 0.0233. The Bertz CT molecular complexity index is 1680. The van der Waals surface area contributed by atoms with E-state index in [1.165, 1.54) is 30.4 Å². The molecule has 456 valence electrons. The van der Waals surface area contributed by atoms with Crippen molar-refractivity contribution in [2.45, 2.75) is 193 Å². The van der Waals surface area contributed by atoms with Crippen LogP contribution >= 0.6 is 47.0 Å². The topological polar surface area (TPSA) is 246 Å². The fraction of sp³-hybridized carbons (Fsp3) is 0.877. The Morgan fingerprint density at radius 2 is 0.792 bits per heavy atom. The smallest absolute Gasteiger partial charge is 0.321 e. The zero-order valence-electron chi connectivity index (χ0n) is 52.8. The molecule has 0 saturated heterocycles. The molecule has 0 radical (unpaired) electrons. The molecule has 0 aromatic rings. The molecular weight excluding hydrogens is 1050 g/mol. The van der Waals surface area contributed by atoms with E-state index >= 15 is 0 Å². The van der Waals surface area contributed by atoms with Crippen molar-refractivity contribution in [1.82, 2.24) is 19.6 Å². The van der Waals surface area contributed by atoms with Crippen molar-refractivity contribution in [2.75, 3.05) is 75.0 Å². The van der Waals surface area contributed by atoms with Crippen molar-refractivity contribution >= 4 is 88.6 Å². The van der Waals surface area contributed by atoms with Gasteiger partial charge < -0.3 is 47.0 Å². The highest BCUT2D eigenvalue weighted by molar-refractivity contribution is 8.00. The molecule has 0 saturated carbocycles. The first-order valence-corrected chi connectivity index (χ1v) is 32.4. The lowest BCUT2D eigenvalue weighted by Crippen LogP contribution is -2.48. The maximum atomic E-state index is 12.5. The Hall–Kier alpha value is -2.55. The number of rotatable bonds is 33. The Balaban J connectivity index is -0.000000462. The van der Waals surface area contributed by atoms with Gasteiger partial charge in [0.05, 0.1) is 13.0 Å². The molecule has 0 aliphatic rings. The zero-order chi connectivity index (χ0) is 61.2. The van der Waals surface area contributed by atoms with E-state index in [4.69, 9.17) is 27.4 Å². The minimum absolute atomic E-state index is 0.0313. The van der Waals surface area contributed by atoms with Crippen LogP contribution in [0.1, 0.15) is 158 Å².